The van der Waals surface area contributed by atoms with Gasteiger partial charge in [0.2, 0.25) is 0 Å². The number of carboxylic acids is 1. The Hall–Kier alpha value is -4.97. The van der Waals surface area contributed by atoms with Crippen LogP contribution in [0.1, 0.15) is 42.2 Å². The Kier molecular flexibility index (Phi) is 12.4. The number of nitrogens with one attached hydrogen (secondary N) is 3. The van der Waals surface area contributed by atoms with E-state index in [1.165, 1.54) is 25.3 Å². The van der Waals surface area contributed by atoms with E-state index < -0.39 is 48.8 Å². The Bertz CT molecular complexity index is 1720. The van der Waals surface area contributed by atoms with Gasteiger partial charge in [-0.1, -0.05) is 12.0 Å². The highest BCUT2D eigenvalue weighted by Crippen LogP contribution is 2.32. The monoisotopic (exact) mass is 689 g/mol. The molecule has 1 aliphatic rings. The number of fused-ring (bicyclic) bond motifs is 1. The fourth-order valence-corrected chi connectivity index (χ4v) is 5.53. The molecule has 0 saturated carbocycles. The van der Waals surface area contributed by atoms with Gasteiger partial charge < -0.3 is 40.0 Å². The molecule has 4 N–H and O–H groups in total. The van der Waals surface area contributed by atoms with Gasteiger partial charge in [-0.25, -0.2) is 9.18 Å². The minimum Gasteiger partial charge on any atom is -0.495 e. The second-order valence-corrected chi connectivity index (χ2v) is 11.6. The highest BCUT2D eigenvalue weighted by molar-refractivity contribution is 5.97. The number of carbonyl (C=O) groups is 3. The topological polar surface area (TPSA) is 134 Å². The summed E-state index contributed by atoms with van der Waals surface area (Å²) < 4.78 is 66.9. The molecule has 0 aliphatic carbocycles. The van der Waals surface area contributed by atoms with Crippen LogP contribution in [0.15, 0.2) is 42.5 Å². The van der Waals surface area contributed by atoms with Gasteiger partial charge in [-0.15, -0.1) is 0 Å². The zero-order valence-electron chi connectivity index (χ0n) is 27.3. The molecule has 11 nitrogen and oxygen atoms in total. The lowest BCUT2D eigenvalue weighted by molar-refractivity contribution is -0.144. The quantitative estimate of drug-likeness (QED) is 0.115. The molecule has 2 heterocycles. The van der Waals surface area contributed by atoms with Crippen molar-refractivity contribution in [1.29, 1.82) is 0 Å². The number of anilines is 2. The van der Waals surface area contributed by atoms with Gasteiger partial charge in [0.05, 0.1) is 43.2 Å². The Morgan fingerprint density at radius 1 is 1.14 bits per heavy atom. The second-order valence-electron chi connectivity index (χ2n) is 11.6. The summed E-state index contributed by atoms with van der Waals surface area (Å²) in [6, 6.07) is 8.99. The van der Waals surface area contributed by atoms with Crippen LogP contribution < -0.4 is 20.7 Å². The number of halogens is 4. The van der Waals surface area contributed by atoms with Crippen molar-refractivity contribution in [2.75, 3.05) is 51.0 Å². The van der Waals surface area contributed by atoms with Crippen molar-refractivity contribution >= 4 is 40.1 Å². The van der Waals surface area contributed by atoms with E-state index in [-0.39, 0.29) is 49.5 Å². The highest BCUT2D eigenvalue weighted by Gasteiger charge is 2.31. The molecule has 1 amide bonds. The zero-order valence-corrected chi connectivity index (χ0v) is 27.3. The molecule has 4 rings (SSSR count). The van der Waals surface area contributed by atoms with E-state index in [1.54, 1.807) is 31.2 Å². The molecule has 0 radical (unpaired) electrons. The van der Waals surface area contributed by atoms with E-state index in [1.807, 2.05) is 11.9 Å². The number of aromatic nitrogens is 1. The molecule has 1 aromatic heterocycles. The summed E-state index contributed by atoms with van der Waals surface area (Å²) in [5.74, 6) is 3.29. The summed E-state index contributed by atoms with van der Waals surface area (Å²) in [5.41, 5.74) is 1.48. The van der Waals surface area contributed by atoms with Crippen LogP contribution in [0.5, 0.6) is 5.75 Å². The van der Waals surface area contributed by atoms with E-state index >= 15 is 0 Å². The fraction of sp³-hybridized carbons (Fsp3) is 0.441. The first kappa shape index (κ1) is 36.9. The van der Waals surface area contributed by atoms with Gasteiger partial charge in [0.25, 0.3) is 5.91 Å². The molecule has 1 aliphatic heterocycles. The summed E-state index contributed by atoms with van der Waals surface area (Å²) in [6.07, 6.45) is -5.46. The van der Waals surface area contributed by atoms with E-state index in [2.05, 4.69) is 27.8 Å². The standard InChI is InChI=1S/C34H39F4N5O6/c1-4-49-31(44)13-12-28(33(46)47)41-32(45)21-10-11-27(30(17-21)48-3)39-15-6-7-22-18-23-25(40-26-14-16-42(2)19-24(26)35)8-5-9-29(23)43(22)20-34(36,37)38/h5,8-11,17-18,24,26,28,39-40H,4,12-16,19-20H2,1-3H3,(H,41,45)(H,46,47)/t24-,26+,28-/m0/s1. The summed E-state index contributed by atoms with van der Waals surface area (Å²) in [6.45, 7) is 1.46. The third-order valence-corrected chi connectivity index (χ3v) is 7.96. The van der Waals surface area contributed by atoms with Gasteiger partial charge in [0.1, 0.15) is 24.5 Å². The third-order valence-electron chi connectivity index (χ3n) is 7.96. The number of amides is 1. The van der Waals surface area contributed by atoms with Crippen LogP contribution >= 0.6 is 0 Å². The maximum Gasteiger partial charge on any atom is 0.406 e. The SMILES string of the molecule is CCOC(=O)CC[C@H](NC(=O)c1ccc(NCC#Cc2cc3c(N[C@@H]4CCN(C)C[C@@H]4F)cccc3n2CC(F)(F)F)c(OC)c1)C(=O)O. The van der Waals surface area contributed by atoms with Crippen molar-refractivity contribution in [2.45, 2.75) is 57.2 Å². The van der Waals surface area contributed by atoms with Crippen molar-refractivity contribution in [1.82, 2.24) is 14.8 Å². The van der Waals surface area contributed by atoms with Gasteiger partial charge >= 0.3 is 18.1 Å². The predicted octanol–water partition coefficient (Wildman–Crippen LogP) is 4.66. The number of carbonyl (C=O) groups excluding carboxylic acids is 2. The number of hydrogen-bond acceptors (Lipinski definition) is 8. The van der Waals surface area contributed by atoms with Crippen molar-refractivity contribution < 1.29 is 46.5 Å². The average molecular weight is 690 g/mol. The van der Waals surface area contributed by atoms with Gasteiger partial charge in [-0.2, -0.15) is 13.2 Å². The highest BCUT2D eigenvalue weighted by atomic mass is 19.4. The van der Waals surface area contributed by atoms with Crippen LogP contribution in [0.2, 0.25) is 0 Å². The van der Waals surface area contributed by atoms with Crippen LogP contribution in [-0.4, -0.2) is 97.2 Å². The summed E-state index contributed by atoms with van der Waals surface area (Å²) in [4.78, 5) is 37.9. The van der Waals surface area contributed by atoms with E-state index in [9.17, 15) is 37.1 Å². The van der Waals surface area contributed by atoms with Crippen molar-refractivity contribution in [3.8, 4) is 17.6 Å². The van der Waals surface area contributed by atoms with Gasteiger partial charge in [-0.05, 0) is 69.1 Å². The molecular weight excluding hydrogens is 650 g/mol. The number of esters is 1. The molecule has 1 fully saturated rings. The molecule has 0 unspecified atom stereocenters. The van der Waals surface area contributed by atoms with Crippen LogP contribution in [0, 0.1) is 11.8 Å². The number of benzene rings is 2. The normalized spacial score (nSPS) is 17.0. The predicted molar refractivity (Wildman–Crippen MR) is 176 cm³/mol. The Morgan fingerprint density at radius 2 is 1.92 bits per heavy atom. The number of hydrogen-bond donors (Lipinski definition) is 4. The van der Waals surface area contributed by atoms with Crippen molar-refractivity contribution in [2.24, 2.45) is 0 Å². The fourth-order valence-electron chi connectivity index (χ4n) is 5.53. The lowest BCUT2D eigenvalue weighted by Crippen LogP contribution is -2.46. The van der Waals surface area contributed by atoms with E-state index in [4.69, 9.17) is 9.47 Å². The molecular formula is C34H39F4N5O6. The number of carboxylic acid groups (broad SMARTS) is 1. The van der Waals surface area contributed by atoms with Crippen molar-refractivity contribution in [3.63, 3.8) is 0 Å². The third kappa shape index (κ3) is 10.0. The number of nitrogens with zero attached hydrogens (tertiary/aromatic N) is 2. The van der Waals surface area contributed by atoms with Gasteiger partial charge in [0, 0.05) is 36.1 Å². The Morgan fingerprint density at radius 3 is 2.59 bits per heavy atom. The number of methoxy groups -OCH3 is 1. The lowest BCUT2D eigenvalue weighted by atomic mass is 10.0. The molecule has 49 heavy (non-hydrogen) atoms. The summed E-state index contributed by atoms with van der Waals surface area (Å²) >= 11 is 0. The maximum absolute atomic E-state index is 14.8. The Balaban J connectivity index is 1.49. The number of aliphatic carboxylic acids is 1. The molecule has 0 spiro atoms. The van der Waals surface area contributed by atoms with Crippen LogP contribution in [-0.2, 0) is 20.9 Å². The first-order chi connectivity index (χ1) is 23.3. The zero-order chi connectivity index (χ0) is 35.7. The Labute approximate surface area is 280 Å². The number of alkyl halides is 4. The maximum atomic E-state index is 14.8. The molecule has 1 saturated heterocycles. The van der Waals surface area contributed by atoms with E-state index in [0.717, 1.165) is 4.57 Å². The largest absolute Gasteiger partial charge is 0.495 e. The summed E-state index contributed by atoms with van der Waals surface area (Å²) in [7, 11) is 3.20. The smallest absolute Gasteiger partial charge is 0.406 e. The minimum atomic E-state index is -4.52. The van der Waals surface area contributed by atoms with Crippen molar-refractivity contribution in [3.05, 3.63) is 53.7 Å². The number of ether oxygens (including phenoxy) is 2. The van der Waals surface area contributed by atoms with Gasteiger partial charge in [0.15, 0.2) is 0 Å². The molecule has 0 bridgehead atoms. The number of piperidine rings is 1. The minimum absolute atomic E-state index is 0.00533. The van der Waals surface area contributed by atoms with Gasteiger partial charge in [-0.3, -0.25) is 9.59 Å². The summed E-state index contributed by atoms with van der Waals surface area (Å²) in [5, 5.41) is 18.6. The number of rotatable bonds is 13. The molecule has 15 heteroatoms. The lowest BCUT2D eigenvalue weighted by Gasteiger charge is -2.33. The first-order valence-electron chi connectivity index (χ1n) is 15.7. The van der Waals surface area contributed by atoms with Crippen LogP contribution in [0.3, 0.4) is 0 Å². The van der Waals surface area contributed by atoms with Crippen LogP contribution in [0.25, 0.3) is 10.9 Å². The molecule has 264 valence electrons. The second kappa shape index (κ2) is 16.4. The van der Waals surface area contributed by atoms with Crippen LogP contribution in [0.4, 0.5) is 28.9 Å². The number of likely N-dealkylation sites (tertiary alicyclic amines) is 1. The molecule has 2 aromatic carbocycles. The molecule has 3 aromatic rings. The van der Waals surface area contributed by atoms with E-state index in [0.29, 0.717) is 35.2 Å². The first-order valence-corrected chi connectivity index (χ1v) is 15.7. The molecule has 3 atom stereocenters. The average Bonchev–Trinajstić information content (AvgIpc) is 3.38.